The largest absolute Gasteiger partial charge is 0.338 e. The molecule has 0 N–H and O–H groups in total. The second-order valence-corrected chi connectivity index (χ2v) is 8.08. The van der Waals surface area contributed by atoms with Gasteiger partial charge in [-0.25, -0.2) is 0 Å². The summed E-state index contributed by atoms with van der Waals surface area (Å²) >= 11 is 5.14. The van der Waals surface area contributed by atoms with Crippen LogP contribution in [0.4, 0.5) is 11.4 Å². The molecule has 0 saturated heterocycles. The van der Waals surface area contributed by atoms with Crippen molar-refractivity contribution in [2.24, 2.45) is 0 Å². The molecule has 1 aromatic heterocycles. The normalized spacial score (nSPS) is 14.7. The molecule has 0 aliphatic carbocycles. The number of alkyl halides is 1. The number of para-hydroxylation sites is 1. The summed E-state index contributed by atoms with van der Waals surface area (Å²) < 4.78 is 2.23. The third-order valence-corrected chi connectivity index (χ3v) is 6.14. The summed E-state index contributed by atoms with van der Waals surface area (Å²) in [4.78, 5) is 13.8. The minimum atomic E-state index is -0.353. The van der Waals surface area contributed by atoms with Crippen LogP contribution in [0.1, 0.15) is 5.56 Å². The summed E-state index contributed by atoms with van der Waals surface area (Å²) in [5.74, 6) is 0. The Labute approximate surface area is 169 Å². The predicted octanol–water partition coefficient (Wildman–Crippen LogP) is 4.97. The van der Waals surface area contributed by atoms with E-state index in [4.69, 9.17) is 0 Å². The van der Waals surface area contributed by atoms with Crippen LogP contribution in [-0.4, -0.2) is 17.3 Å². The van der Waals surface area contributed by atoms with E-state index in [1.165, 1.54) is 10.9 Å². The van der Waals surface area contributed by atoms with Crippen molar-refractivity contribution in [1.29, 1.82) is 0 Å². The molecule has 0 atom stereocenters. The van der Waals surface area contributed by atoms with Gasteiger partial charge in [-0.2, -0.15) is 4.57 Å². The zero-order valence-electron chi connectivity index (χ0n) is 14.6. The Morgan fingerprint density at radius 1 is 1.26 bits per heavy atom. The highest BCUT2D eigenvalue weighted by Crippen LogP contribution is 2.47. The second-order valence-electron chi connectivity index (χ2n) is 6.22. The fraction of sp³-hybridized carbons (Fsp3) is 0.150. The SMILES string of the molecule is CN1/C(=C/c2cc[n+](CCBr)c3ccccc23)Sc2ccc([N+](=O)[O-])cc21. The first-order valence-corrected chi connectivity index (χ1v) is 10.4. The molecule has 4 rings (SSSR count). The van der Waals surface area contributed by atoms with Gasteiger partial charge >= 0.3 is 0 Å². The molecule has 27 heavy (non-hydrogen) atoms. The maximum atomic E-state index is 11.1. The van der Waals surface area contributed by atoms with E-state index in [0.717, 1.165) is 33.1 Å². The maximum Gasteiger partial charge on any atom is 0.271 e. The molecular weight excluding hydrogens is 426 g/mol. The Morgan fingerprint density at radius 2 is 2.07 bits per heavy atom. The Morgan fingerprint density at radius 3 is 2.85 bits per heavy atom. The number of aromatic nitrogens is 1. The third kappa shape index (κ3) is 3.33. The van der Waals surface area contributed by atoms with Crippen LogP contribution >= 0.6 is 27.7 Å². The molecule has 1 aliphatic heterocycles. The standard InChI is InChI=1S/C20H17BrN3O2S/c1-22-18-13-15(24(25)26)6-7-19(18)27-20(22)12-14-8-10-23(11-9-21)17-5-3-2-4-16(14)17/h2-8,10,12-13H,9,11H2,1H3/q+1. The number of halogens is 1. The van der Waals surface area contributed by atoms with Crippen LogP contribution in [0.3, 0.4) is 0 Å². The highest BCUT2D eigenvalue weighted by atomic mass is 79.9. The Balaban J connectivity index is 1.76. The summed E-state index contributed by atoms with van der Waals surface area (Å²) in [5, 5.41) is 14.2. The highest BCUT2D eigenvalue weighted by Gasteiger charge is 2.25. The van der Waals surface area contributed by atoms with Crippen molar-refractivity contribution >= 4 is 56.0 Å². The summed E-state index contributed by atoms with van der Waals surface area (Å²) in [6.45, 7) is 0.904. The van der Waals surface area contributed by atoms with Gasteiger partial charge in [0.25, 0.3) is 5.69 Å². The number of non-ortho nitro benzene ring substituents is 1. The maximum absolute atomic E-state index is 11.1. The molecular formula is C20H17BrN3O2S+. The van der Waals surface area contributed by atoms with Gasteiger partial charge in [-0.05, 0) is 23.8 Å². The number of hydrogen-bond donors (Lipinski definition) is 0. The van der Waals surface area contributed by atoms with Gasteiger partial charge in [0, 0.05) is 36.2 Å². The number of rotatable bonds is 4. The number of nitro benzene ring substituents is 1. The van der Waals surface area contributed by atoms with E-state index in [9.17, 15) is 10.1 Å². The van der Waals surface area contributed by atoms with Crippen LogP contribution in [0, 0.1) is 10.1 Å². The molecule has 0 fully saturated rings. The minimum absolute atomic E-state index is 0.114. The molecule has 0 radical (unpaired) electrons. The lowest BCUT2D eigenvalue weighted by molar-refractivity contribution is -0.666. The average molecular weight is 443 g/mol. The van der Waals surface area contributed by atoms with E-state index < -0.39 is 0 Å². The average Bonchev–Trinajstić information content (AvgIpc) is 2.99. The molecule has 0 saturated carbocycles. The Hall–Kier alpha value is -2.38. The van der Waals surface area contributed by atoms with Gasteiger partial charge in [0.1, 0.15) is 0 Å². The Kier molecular flexibility index (Phi) is 4.88. The van der Waals surface area contributed by atoms with Crippen molar-refractivity contribution in [2.45, 2.75) is 11.4 Å². The third-order valence-electron chi connectivity index (χ3n) is 4.62. The number of nitro groups is 1. The molecule has 1 aliphatic rings. The fourth-order valence-corrected chi connectivity index (χ4v) is 4.71. The zero-order chi connectivity index (χ0) is 19.0. The summed E-state index contributed by atoms with van der Waals surface area (Å²) in [6.07, 6.45) is 4.25. The van der Waals surface area contributed by atoms with Gasteiger partial charge in [0.15, 0.2) is 12.7 Å². The van der Waals surface area contributed by atoms with Crippen molar-refractivity contribution in [1.82, 2.24) is 0 Å². The van der Waals surface area contributed by atoms with Crippen molar-refractivity contribution in [3.05, 3.63) is 75.4 Å². The number of benzene rings is 2. The number of pyridine rings is 1. The lowest BCUT2D eigenvalue weighted by atomic mass is 10.1. The number of aryl methyl sites for hydroxylation is 1. The van der Waals surface area contributed by atoms with Gasteiger partial charge < -0.3 is 4.90 Å². The Bertz CT molecular complexity index is 1080. The minimum Gasteiger partial charge on any atom is -0.338 e. The van der Waals surface area contributed by atoms with Crippen LogP contribution in [0.2, 0.25) is 0 Å². The zero-order valence-corrected chi connectivity index (χ0v) is 17.0. The fourth-order valence-electron chi connectivity index (χ4n) is 3.25. The summed E-state index contributed by atoms with van der Waals surface area (Å²) in [7, 11) is 1.95. The molecule has 0 unspecified atom stereocenters. The van der Waals surface area contributed by atoms with Crippen molar-refractivity contribution in [3.8, 4) is 0 Å². The van der Waals surface area contributed by atoms with E-state index in [1.54, 1.807) is 23.9 Å². The number of fused-ring (bicyclic) bond motifs is 2. The number of anilines is 1. The topological polar surface area (TPSA) is 50.3 Å². The lowest BCUT2D eigenvalue weighted by Gasteiger charge is -2.13. The van der Waals surface area contributed by atoms with Crippen LogP contribution in [0.5, 0.6) is 0 Å². The molecule has 2 heterocycles. The van der Waals surface area contributed by atoms with E-state index in [-0.39, 0.29) is 10.6 Å². The monoisotopic (exact) mass is 442 g/mol. The molecule has 2 aromatic carbocycles. The molecule has 0 spiro atoms. The van der Waals surface area contributed by atoms with Crippen molar-refractivity contribution in [3.63, 3.8) is 0 Å². The second kappa shape index (κ2) is 7.32. The van der Waals surface area contributed by atoms with E-state index in [1.807, 2.05) is 24.1 Å². The number of nitrogens with zero attached hydrogens (tertiary/aromatic N) is 3. The highest BCUT2D eigenvalue weighted by molar-refractivity contribution is 9.09. The molecule has 5 nitrogen and oxygen atoms in total. The quantitative estimate of drug-likeness (QED) is 0.247. The van der Waals surface area contributed by atoms with Gasteiger partial charge in [0.2, 0.25) is 5.52 Å². The molecule has 3 aromatic rings. The predicted molar refractivity (Wildman–Crippen MR) is 113 cm³/mol. The lowest BCUT2D eigenvalue weighted by Crippen LogP contribution is -2.35. The van der Waals surface area contributed by atoms with Crippen LogP contribution in [0.15, 0.2) is 64.7 Å². The summed E-state index contributed by atoms with van der Waals surface area (Å²) in [6, 6.07) is 15.5. The first-order valence-electron chi connectivity index (χ1n) is 8.47. The molecule has 136 valence electrons. The van der Waals surface area contributed by atoms with Gasteiger partial charge in [-0.15, -0.1) is 0 Å². The van der Waals surface area contributed by atoms with E-state index >= 15 is 0 Å². The number of hydrogen-bond acceptors (Lipinski definition) is 4. The van der Waals surface area contributed by atoms with Gasteiger partial charge in [-0.1, -0.05) is 39.8 Å². The van der Waals surface area contributed by atoms with Crippen LogP contribution < -0.4 is 9.47 Å². The molecule has 7 heteroatoms. The summed E-state index contributed by atoms with van der Waals surface area (Å²) in [5.41, 5.74) is 3.30. The van der Waals surface area contributed by atoms with Crippen LogP contribution in [-0.2, 0) is 6.54 Å². The van der Waals surface area contributed by atoms with Crippen LogP contribution in [0.25, 0.3) is 17.0 Å². The first kappa shape index (κ1) is 18.0. The van der Waals surface area contributed by atoms with Gasteiger partial charge in [0.05, 0.1) is 26.4 Å². The smallest absolute Gasteiger partial charge is 0.271 e. The molecule has 0 bridgehead atoms. The number of thioether (sulfide) groups is 1. The van der Waals surface area contributed by atoms with Gasteiger partial charge in [-0.3, -0.25) is 10.1 Å². The molecule has 0 amide bonds. The van der Waals surface area contributed by atoms with Crippen molar-refractivity contribution < 1.29 is 9.49 Å². The van der Waals surface area contributed by atoms with E-state index in [2.05, 4.69) is 57.0 Å². The van der Waals surface area contributed by atoms with E-state index in [0.29, 0.717) is 0 Å². The first-order chi connectivity index (χ1) is 13.1. The van der Waals surface area contributed by atoms with Crippen molar-refractivity contribution in [2.75, 3.05) is 17.3 Å².